The predicted molar refractivity (Wildman–Crippen MR) is 63.1 cm³/mol. The molecule has 1 rings (SSSR count). The normalized spacial score (nSPS) is 10.4. The van der Waals surface area contributed by atoms with Gasteiger partial charge in [-0.05, 0) is 30.0 Å². The van der Waals surface area contributed by atoms with Gasteiger partial charge in [0.2, 0.25) is 0 Å². The fourth-order valence-corrected chi connectivity index (χ4v) is 2.17. The molecule has 0 heterocycles. The number of rotatable bonds is 4. The average Bonchev–Trinajstić information content (AvgIpc) is 2.15. The molecular formula is C10H11BrCl2. The molecule has 0 saturated heterocycles. The molecule has 0 amide bonds. The van der Waals surface area contributed by atoms with Crippen LogP contribution in [0.1, 0.15) is 17.5 Å². The second-order valence-electron chi connectivity index (χ2n) is 2.80. The minimum Gasteiger partial charge on any atom is -0.121 e. The number of hydrogen-bond donors (Lipinski definition) is 0. The molecule has 0 N–H and O–H groups in total. The van der Waals surface area contributed by atoms with Gasteiger partial charge in [0.05, 0.1) is 0 Å². The zero-order valence-electron chi connectivity index (χ0n) is 7.19. The van der Waals surface area contributed by atoms with E-state index in [9.17, 15) is 0 Å². The third-order valence-electron chi connectivity index (χ3n) is 1.93. The van der Waals surface area contributed by atoms with Gasteiger partial charge in [0.25, 0.3) is 0 Å². The van der Waals surface area contributed by atoms with Crippen LogP contribution in [0.4, 0.5) is 0 Å². The molecule has 0 aliphatic rings. The highest BCUT2D eigenvalue weighted by molar-refractivity contribution is 9.09. The molecule has 0 radical (unpaired) electrons. The van der Waals surface area contributed by atoms with Crippen molar-refractivity contribution in [2.24, 2.45) is 0 Å². The number of aryl methyl sites for hydroxylation is 1. The van der Waals surface area contributed by atoms with Gasteiger partial charge in [-0.3, -0.25) is 0 Å². The molecule has 0 fully saturated rings. The van der Waals surface area contributed by atoms with Crippen LogP contribution in [-0.4, -0.2) is 5.33 Å². The van der Waals surface area contributed by atoms with Crippen LogP contribution in [0, 0.1) is 0 Å². The lowest BCUT2D eigenvalue weighted by atomic mass is 10.0. The fraction of sp³-hybridized carbons (Fsp3) is 0.400. The molecule has 1 aromatic carbocycles. The van der Waals surface area contributed by atoms with Crippen LogP contribution in [0.15, 0.2) is 18.2 Å². The summed E-state index contributed by atoms with van der Waals surface area (Å²) >= 11 is 15.2. The molecule has 0 unspecified atom stereocenters. The maximum absolute atomic E-state index is 6.01. The Morgan fingerprint density at radius 3 is 2.69 bits per heavy atom. The van der Waals surface area contributed by atoms with Crippen LogP contribution in [0.3, 0.4) is 0 Å². The summed E-state index contributed by atoms with van der Waals surface area (Å²) in [5, 5.41) is 1.79. The molecule has 0 aliphatic heterocycles. The first-order chi connectivity index (χ1) is 6.29. The topological polar surface area (TPSA) is 0 Å². The van der Waals surface area contributed by atoms with Crippen molar-refractivity contribution in [3.63, 3.8) is 0 Å². The molecule has 13 heavy (non-hydrogen) atoms. The monoisotopic (exact) mass is 280 g/mol. The quantitative estimate of drug-likeness (QED) is 0.718. The van der Waals surface area contributed by atoms with E-state index < -0.39 is 0 Å². The van der Waals surface area contributed by atoms with Gasteiger partial charge >= 0.3 is 0 Å². The van der Waals surface area contributed by atoms with Crippen molar-refractivity contribution in [1.82, 2.24) is 0 Å². The Balaban J connectivity index is 2.85. The Labute approximate surface area is 97.4 Å². The second-order valence-corrected chi connectivity index (χ2v) is 4.27. The van der Waals surface area contributed by atoms with Gasteiger partial charge in [-0.25, -0.2) is 0 Å². The minimum atomic E-state index is 0.497. The van der Waals surface area contributed by atoms with Gasteiger partial charge in [0, 0.05) is 16.2 Å². The summed E-state index contributed by atoms with van der Waals surface area (Å²) in [5.74, 6) is 0.497. The molecule has 0 spiro atoms. The van der Waals surface area contributed by atoms with Crippen molar-refractivity contribution in [2.45, 2.75) is 18.7 Å². The lowest BCUT2D eigenvalue weighted by Gasteiger charge is -2.07. The van der Waals surface area contributed by atoms with Gasteiger partial charge in [0.15, 0.2) is 0 Å². The number of hydrogen-bond acceptors (Lipinski definition) is 0. The molecule has 0 nitrogen and oxygen atoms in total. The largest absolute Gasteiger partial charge is 0.121 e. The Kier molecular flexibility index (Phi) is 5.15. The Morgan fingerprint density at radius 1 is 1.31 bits per heavy atom. The number of benzene rings is 1. The van der Waals surface area contributed by atoms with Gasteiger partial charge < -0.3 is 0 Å². The van der Waals surface area contributed by atoms with Crippen molar-refractivity contribution < 1.29 is 0 Å². The molecule has 0 atom stereocenters. The minimum absolute atomic E-state index is 0.497. The Hall–Kier alpha value is 0.280. The first-order valence-electron chi connectivity index (χ1n) is 4.17. The molecule has 0 aromatic heterocycles. The maximum atomic E-state index is 6.01. The lowest BCUT2D eigenvalue weighted by molar-refractivity contribution is 0.927. The van der Waals surface area contributed by atoms with E-state index >= 15 is 0 Å². The summed E-state index contributed by atoms with van der Waals surface area (Å²) in [4.78, 5) is 0. The Bertz CT molecular complexity index is 274. The average molecular weight is 282 g/mol. The third kappa shape index (κ3) is 3.16. The van der Waals surface area contributed by atoms with E-state index in [0.29, 0.717) is 5.88 Å². The smallest absolute Gasteiger partial charge is 0.0491 e. The molecule has 72 valence electrons. The van der Waals surface area contributed by atoms with Gasteiger partial charge in [-0.15, -0.1) is 11.6 Å². The first-order valence-corrected chi connectivity index (χ1v) is 6.21. The highest BCUT2D eigenvalue weighted by Crippen LogP contribution is 2.23. The summed E-state index contributed by atoms with van der Waals surface area (Å²) in [6, 6.07) is 5.95. The van der Waals surface area contributed by atoms with E-state index in [2.05, 4.69) is 22.0 Å². The van der Waals surface area contributed by atoms with Gasteiger partial charge in [-0.2, -0.15) is 0 Å². The number of halogens is 3. The van der Waals surface area contributed by atoms with Crippen LogP contribution < -0.4 is 0 Å². The SMILES string of the molecule is ClCc1c(Cl)cccc1CCCBr. The summed E-state index contributed by atoms with van der Waals surface area (Å²) in [5.41, 5.74) is 2.34. The zero-order chi connectivity index (χ0) is 9.68. The van der Waals surface area contributed by atoms with Crippen LogP contribution in [0.5, 0.6) is 0 Å². The summed E-state index contributed by atoms with van der Waals surface area (Å²) < 4.78 is 0. The maximum Gasteiger partial charge on any atom is 0.0491 e. The Morgan fingerprint density at radius 2 is 2.08 bits per heavy atom. The van der Waals surface area contributed by atoms with Crippen molar-refractivity contribution in [1.29, 1.82) is 0 Å². The highest BCUT2D eigenvalue weighted by Gasteiger charge is 2.04. The summed E-state index contributed by atoms with van der Waals surface area (Å²) in [6.07, 6.45) is 2.15. The van der Waals surface area contributed by atoms with Crippen molar-refractivity contribution in [3.05, 3.63) is 34.3 Å². The second kappa shape index (κ2) is 5.90. The van der Waals surface area contributed by atoms with Crippen LogP contribution in [-0.2, 0) is 12.3 Å². The van der Waals surface area contributed by atoms with Crippen molar-refractivity contribution >= 4 is 39.1 Å². The van der Waals surface area contributed by atoms with E-state index in [-0.39, 0.29) is 0 Å². The van der Waals surface area contributed by atoms with Crippen LogP contribution in [0.2, 0.25) is 5.02 Å². The zero-order valence-corrected chi connectivity index (χ0v) is 10.3. The van der Waals surface area contributed by atoms with E-state index in [1.807, 2.05) is 12.1 Å². The molecule has 1 aromatic rings. The number of alkyl halides is 2. The van der Waals surface area contributed by atoms with Gasteiger partial charge in [0.1, 0.15) is 0 Å². The van der Waals surface area contributed by atoms with E-state index in [1.165, 1.54) is 5.56 Å². The lowest BCUT2D eigenvalue weighted by Crippen LogP contribution is -1.93. The van der Waals surface area contributed by atoms with Crippen LogP contribution >= 0.6 is 39.1 Å². The molecule has 0 aliphatic carbocycles. The van der Waals surface area contributed by atoms with Gasteiger partial charge in [-0.1, -0.05) is 39.7 Å². The summed E-state index contributed by atoms with van der Waals surface area (Å²) in [7, 11) is 0. The molecule has 3 heteroatoms. The predicted octanol–water partition coefficient (Wildman–Crippen LogP) is 4.41. The van der Waals surface area contributed by atoms with Crippen LogP contribution in [0.25, 0.3) is 0 Å². The van der Waals surface area contributed by atoms with Crippen molar-refractivity contribution in [2.75, 3.05) is 5.33 Å². The first kappa shape index (κ1) is 11.4. The van der Waals surface area contributed by atoms with E-state index in [0.717, 1.165) is 28.8 Å². The highest BCUT2D eigenvalue weighted by atomic mass is 79.9. The molecule has 0 saturated carbocycles. The van der Waals surface area contributed by atoms with Crippen molar-refractivity contribution in [3.8, 4) is 0 Å². The molecule has 0 bridgehead atoms. The summed E-state index contributed by atoms with van der Waals surface area (Å²) in [6.45, 7) is 0. The van der Waals surface area contributed by atoms with E-state index in [4.69, 9.17) is 23.2 Å². The standard InChI is InChI=1S/C10H11BrCl2/c11-6-2-4-8-3-1-5-10(13)9(8)7-12/h1,3,5H,2,4,6-7H2. The third-order valence-corrected chi connectivity index (χ3v) is 3.11. The van der Waals surface area contributed by atoms with E-state index in [1.54, 1.807) is 0 Å². The molecular weight excluding hydrogens is 271 g/mol. The fourth-order valence-electron chi connectivity index (χ4n) is 1.24.